The van der Waals surface area contributed by atoms with Gasteiger partial charge < -0.3 is 15.0 Å². The molecule has 0 aliphatic rings. The fourth-order valence-corrected chi connectivity index (χ4v) is 3.62. The predicted molar refractivity (Wildman–Crippen MR) is 119 cm³/mol. The molecule has 0 atom stereocenters. The van der Waals surface area contributed by atoms with E-state index in [-0.39, 0.29) is 22.1 Å². The molecule has 1 heterocycles. The molecule has 0 unspecified atom stereocenters. The van der Waals surface area contributed by atoms with Crippen LogP contribution in [0.1, 0.15) is 25.6 Å². The Balaban J connectivity index is 1.66. The van der Waals surface area contributed by atoms with Crippen molar-refractivity contribution in [3.05, 3.63) is 81.0 Å². The SMILES string of the molecule is CN(C(=O)c1cccs1)c1ccccc1C(=O)OCC(=O)Nc1ccc(C#N)c(Cl)c1. The molecule has 0 aliphatic heterocycles. The summed E-state index contributed by atoms with van der Waals surface area (Å²) in [5.74, 6) is -1.57. The van der Waals surface area contributed by atoms with Gasteiger partial charge in [0.05, 0.1) is 26.7 Å². The molecular formula is C22H16ClN3O4S. The minimum Gasteiger partial charge on any atom is -0.452 e. The first-order chi connectivity index (χ1) is 14.9. The fraction of sp³-hybridized carbons (Fsp3) is 0.0909. The first-order valence-corrected chi connectivity index (χ1v) is 10.2. The number of nitriles is 1. The van der Waals surface area contributed by atoms with E-state index in [4.69, 9.17) is 21.6 Å². The van der Waals surface area contributed by atoms with Crippen molar-refractivity contribution in [2.24, 2.45) is 0 Å². The van der Waals surface area contributed by atoms with E-state index in [1.54, 1.807) is 42.8 Å². The molecule has 0 saturated carbocycles. The standard InChI is InChI=1S/C22H16ClN3O4S/c1-26(21(28)19-7-4-10-31-19)18-6-3-2-5-16(18)22(29)30-13-20(27)25-15-9-8-14(12-24)17(23)11-15/h2-11H,13H2,1H3,(H,25,27). The van der Waals surface area contributed by atoms with Gasteiger partial charge in [0, 0.05) is 12.7 Å². The number of carbonyl (C=O) groups is 3. The van der Waals surface area contributed by atoms with Crippen LogP contribution in [0.4, 0.5) is 11.4 Å². The number of thiophene rings is 1. The molecule has 0 bridgehead atoms. The van der Waals surface area contributed by atoms with Crippen LogP contribution in [-0.4, -0.2) is 31.4 Å². The number of amides is 2. The first kappa shape index (κ1) is 22.0. The molecule has 0 spiro atoms. The molecule has 0 saturated heterocycles. The lowest BCUT2D eigenvalue weighted by molar-refractivity contribution is -0.119. The molecule has 2 amide bonds. The summed E-state index contributed by atoms with van der Waals surface area (Å²) in [6, 6.07) is 16.3. The van der Waals surface area contributed by atoms with Crippen molar-refractivity contribution in [2.45, 2.75) is 0 Å². The van der Waals surface area contributed by atoms with E-state index < -0.39 is 18.5 Å². The largest absolute Gasteiger partial charge is 0.452 e. The molecule has 1 aromatic heterocycles. The third kappa shape index (κ3) is 5.28. The maximum absolute atomic E-state index is 12.6. The summed E-state index contributed by atoms with van der Waals surface area (Å²) in [7, 11) is 1.56. The zero-order chi connectivity index (χ0) is 22.4. The minimum atomic E-state index is -0.741. The summed E-state index contributed by atoms with van der Waals surface area (Å²) >= 11 is 7.24. The topological polar surface area (TPSA) is 99.5 Å². The Kier molecular flexibility index (Phi) is 7.03. The van der Waals surface area contributed by atoms with Crippen molar-refractivity contribution in [1.82, 2.24) is 0 Å². The minimum absolute atomic E-state index is 0.157. The van der Waals surface area contributed by atoms with E-state index in [1.165, 1.54) is 40.5 Å². The zero-order valence-corrected chi connectivity index (χ0v) is 17.9. The third-order valence-electron chi connectivity index (χ3n) is 4.23. The highest BCUT2D eigenvalue weighted by molar-refractivity contribution is 7.12. The van der Waals surface area contributed by atoms with E-state index in [9.17, 15) is 14.4 Å². The number of carbonyl (C=O) groups excluding carboxylic acids is 3. The fourth-order valence-electron chi connectivity index (χ4n) is 2.70. The number of esters is 1. The van der Waals surface area contributed by atoms with Gasteiger partial charge in [-0.1, -0.05) is 29.8 Å². The molecule has 2 aromatic carbocycles. The Morgan fingerprint density at radius 3 is 2.61 bits per heavy atom. The lowest BCUT2D eigenvalue weighted by atomic mass is 10.1. The molecule has 0 aliphatic carbocycles. The number of hydrogen-bond acceptors (Lipinski definition) is 6. The highest BCUT2D eigenvalue weighted by Crippen LogP contribution is 2.24. The lowest BCUT2D eigenvalue weighted by Crippen LogP contribution is -2.28. The molecule has 0 fully saturated rings. The quantitative estimate of drug-likeness (QED) is 0.559. The maximum Gasteiger partial charge on any atom is 0.340 e. The normalized spacial score (nSPS) is 10.1. The molecule has 7 nitrogen and oxygen atoms in total. The molecular weight excluding hydrogens is 438 g/mol. The zero-order valence-electron chi connectivity index (χ0n) is 16.3. The second kappa shape index (κ2) is 9.89. The van der Waals surface area contributed by atoms with Gasteiger partial charge in [-0.3, -0.25) is 9.59 Å². The number of para-hydroxylation sites is 1. The summed E-state index contributed by atoms with van der Waals surface area (Å²) in [4.78, 5) is 39.2. The lowest BCUT2D eigenvalue weighted by Gasteiger charge is -2.19. The summed E-state index contributed by atoms with van der Waals surface area (Å²) in [5, 5.41) is 13.4. The Morgan fingerprint density at radius 2 is 1.94 bits per heavy atom. The van der Waals surface area contributed by atoms with E-state index >= 15 is 0 Å². The number of ether oxygens (including phenoxy) is 1. The number of nitrogens with zero attached hydrogens (tertiary/aromatic N) is 2. The Bertz CT molecular complexity index is 1170. The van der Waals surface area contributed by atoms with Crippen molar-refractivity contribution in [1.29, 1.82) is 5.26 Å². The van der Waals surface area contributed by atoms with Gasteiger partial charge in [-0.25, -0.2) is 4.79 Å². The van der Waals surface area contributed by atoms with E-state index in [0.29, 0.717) is 16.3 Å². The number of rotatable bonds is 6. The Morgan fingerprint density at radius 1 is 1.16 bits per heavy atom. The molecule has 3 aromatic rings. The molecule has 9 heteroatoms. The summed E-state index contributed by atoms with van der Waals surface area (Å²) in [6.45, 7) is -0.534. The second-order valence-corrected chi connectivity index (χ2v) is 7.64. The highest BCUT2D eigenvalue weighted by atomic mass is 35.5. The van der Waals surface area contributed by atoms with Crippen LogP contribution in [0.25, 0.3) is 0 Å². The molecule has 0 radical (unpaired) electrons. The summed E-state index contributed by atoms with van der Waals surface area (Å²) < 4.78 is 5.13. The number of benzene rings is 2. The van der Waals surface area contributed by atoms with Crippen LogP contribution < -0.4 is 10.2 Å². The van der Waals surface area contributed by atoms with Crippen LogP contribution >= 0.6 is 22.9 Å². The van der Waals surface area contributed by atoms with Crippen molar-refractivity contribution in [3.63, 3.8) is 0 Å². The van der Waals surface area contributed by atoms with Crippen molar-refractivity contribution in [2.75, 3.05) is 23.9 Å². The van der Waals surface area contributed by atoms with Crippen LogP contribution in [0.15, 0.2) is 60.0 Å². The molecule has 1 N–H and O–H groups in total. The van der Waals surface area contributed by atoms with E-state index in [0.717, 1.165) is 0 Å². The van der Waals surface area contributed by atoms with Crippen molar-refractivity contribution in [3.8, 4) is 6.07 Å². The molecule has 3 rings (SSSR count). The van der Waals surface area contributed by atoms with Crippen LogP contribution in [0.3, 0.4) is 0 Å². The van der Waals surface area contributed by atoms with Crippen molar-refractivity contribution >= 4 is 52.1 Å². The maximum atomic E-state index is 12.6. The number of nitrogens with one attached hydrogen (secondary N) is 1. The van der Waals surface area contributed by atoms with Crippen LogP contribution in [0.5, 0.6) is 0 Å². The van der Waals surface area contributed by atoms with Gasteiger partial charge in [0.25, 0.3) is 11.8 Å². The third-order valence-corrected chi connectivity index (χ3v) is 5.40. The van der Waals surface area contributed by atoms with Crippen LogP contribution in [-0.2, 0) is 9.53 Å². The summed E-state index contributed by atoms with van der Waals surface area (Å²) in [6.07, 6.45) is 0. The van der Waals surface area contributed by atoms with Gasteiger partial charge in [-0.2, -0.15) is 5.26 Å². The Labute approximate surface area is 187 Å². The number of halogens is 1. The van der Waals surface area contributed by atoms with Gasteiger partial charge >= 0.3 is 5.97 Å². The molecule has 31 heavy (non-hydrogen) atoms. The average molecular weight is 454 g/mol. The average Bonchev–Trinajstić information content (AvgIpc) is 3.31. The van der Waals surface area contributed by atoms with E-state index in [2.05, 4.69) is 5.32 Å². The van der Waals surface area contributed by atoms with Crippen molar-refractivity contribution < 1.29 is 19.1 Å². The molecule has 156 valence electrons. The van der Waals surface area contributed by atoms with Gasteiger partial charge in [-0.05, 0) is 41.8 Å². The van der Waals surface area contributed by atoms with Gasteiger partial charge in [-0.15, -0.1) is 11.3 Å². The van der Waals surface area contributed by atoms with Gasteiger partial charge in [0.15, 0.2) is 6.61 Å². The second-order valence-electron chi connectivity index (χ2n) is 6.29. The van der Waals surface area contributed by atoms with Crippen LogP contribution in [0, 0.1) is 11.3 Å². The number of anilines is 2. The first-order valence-electron chi connectivity index (χ1n) is 8.98. The summed E-state index contributed by atoms with van der Waals surface area (Å²) in [5.41, 5.74) is 1.17. The predicted octanol–water partition coefficient (Wildman–Crippen LogP) is 4.35. The van der Waals surface area contributed by atoms with Gasteiger partial charge in [0.2, 0.25) is 0 Å². The van der Waals surface area contributed by atoms with Gasteiger partial charge in [0.1, 0.15) is 6.07 Å². The smallest absolute Gasteiger partial charge is 0.340 e. The monoisotopic (exact) mass is 453 g/mol. The highest BCUT2D eigenvalue weighted by Gasteiger charge is 2.21. The van der Waals surface area contributed by atoms with E-state index in [1.807, 2.05) is 6.07 Å². The van der Waals surface area contributed by atoms with Crippen LogP contribution in [0.2, 0.25) is 5.02 Å². The number of hydrogen-bond donors (Lipinski definition) is 1. The Hall–Kier alpha value is -3.67.